The van der Waals surface area contributed by atoms with Crippen molar-refractivity contribution in [3.8, 4) is 0 Å². The Morgan fingerprint density at radius 2 is 1.61 bits per heavy atom. The van der Waals surface area contributed by atoms with Crippen LogP contribution in [0.1, 0.15) is 81.8 Å². The minimum Gasteiger partial charge on any atom is -0.352 e. The molecule has 198 valence electrons. The highest BCUT2D eigenvalue weighted by Crippen LogP contribution is 2.31. The number of fused-ring (bicyclic) bond motifs is 1. The second kappa shape index (κ2) is 13.0. The van der Waals surface area contributed by atoms with Gasteiger partial charge >= 0.3 is 0 Å². The standard InChI is InChI=1S/C34H40N2O2/c37-33-29(20-24-36-22-18-28(19-23-36)27-12-5-2-6-13-27)14-15-30-25-31(16-17-32(30)33)34(38)35-21-8-7-11-26-9-3-1-4-10-26/h1-6,9-10,12-13,16-17,25,28-29H,7-8,11,14-15,18-24H2,(H,35,38). The van der Waals surface area contributed by atoms with Gasteiger partial charge in [-0.15, -0.1) is 0 Å². The molecule has 1 heterocycles. The highest BCUT2D eigenvalue weighted by atomic mass is 16.1. The number of carbonyl (C=O) groups is 2. The van der Waals surface area contributed by atoms with E-state index in [9.17, 15) is 9.59 Å². The molecule has 3 aromatic carbocycles. The van der Waals surface area contributed by atoms with E-state index < -0.39 is 0 Å². The minimum atomic E-state index is -0.0408. The van der Waals surface area contributed by atoms with Gasteiger partial charge in [0.25, 0.3) is 5.91 Å². The maximum Gasteiger partial charge on any atom is 0.251 e. The number of piperidine rings is 1. The van der Waals surface area contributed by atoms with Crippen molar-refractivity contribution in [3.63, 3.8) is 0 Å². The Morgan fingerprint density at radius 3 is 2.37 bits per heavy atom. The fourth-order valence-corrected chi connectivity index (χ4v) is 6.09. The van der Waals surface area contributed by atoms with Crippen molar-refractivity contribution in [2.75, 3.05) is 26.2 Å². The average molecular weight is 509 g/mol. The number of rotatable bonds is 10. The van der Waals surface area contributed by atoms with Crippen molar-refractivity contribution in [1.29, 1.82) is 0 Å². The molecule has 3 aromatic rings. The van der Waals surface area contributed by atoms with Crippen molar-refractivity contribution in [2.24, 2.45) is 5.92 Å². The number of nitrogens with one attached hydrogen (secondary N) is 1. The summed E-state index contributed by atoms with van der Waals surface area (Å²) in [7, 11) is 0. The quantitative estimate of drug-likeness (QED) is 0.320. The van der Waals surface area contributed by atoms with Crippen LogP contribution in [-0.4, -0.2) is 42.8 Å². The number of ketones is 1. The number of Topliss-reactive ketones (excluding diaryl/α,β-unsaturated/α-hetero) is 1. The van der Waals surface area contributed by atoms with Crippen molar-refractivity contribution in [2.45, 2.75) is 57.3 Å². The highest BCUT2D eigenvalue weighted by molar-refractivity contribution is 6.02. The molecule has 38 heavy (non-hydrogen) atoms. The van der Waals surface area contributed by atoms with Gasteiger partial charge in [-0.3, -0.25) is 9.59 Å². The highest BCUT2D eigenvalue weighted by Gasteiger charge is 2.29. The number of unbranched alkanes of at least 4 members (excludes halogenated alkanes) is 1. The third-order valence-corrected chi connectivity index (χ3v) is 8.44. The van der Waals surface area contributed by atoms with E-state index in [-0.39, 0.29) is 17.6 Å². The van der Waals surface area contributed by atoms with Gasteiger partial charge in [0.1, 0.15) is 0 Å². The van der Waals surface area contributed by atoms with Gasteiger partial charge in [0, 0.05) is 23.6 Å². The van der Waals surface area contributed by atoms with E-state index in [2.05, 4.69) is 64.8 Å². The van der Waals surface area contributed by atoms with E-state index in [0.29, 0.717) is 18.0 Å². The lowest BCUT2D eigenvalue weighted by Crippen LogP contribution is -2.35. The van der Waals surface area contributed by atoms with Gasteiger partial charge in [-0.2, -0.15) is 0 Å². The van der Waals surface area contributed by atoms with E-state index in [1.165, 1.54) is 24.0 Å². The molecular weight excluding hydrogens is 468 g/mol. The monoisotopic (exact) mass is 508 g/mol. The molecule has 1 N–H and O–H groups in total. The van der Waals surface area contributed by atoms with Crippen LogP contribution in [-0.2, 0) is 12.8 Å². The number of amides is 1. The van der Waals surface area contributed by atoms with Crippen molar-refractivity contribution in [1.82, 2.24) is 10.2 Å². The molecule has 0 spiro atoms. The van der Waals surface area contributed by atoms with E-state index in [0.717, 1.165) is 69.3 Å². The summed E-state index contributed by atoms with van der Waals surface area (Å²) in [6.45, 7) is 3.90. The third-order valence-electron chi connectivity index (χ3n) is 8.44. The molecular formula is C34H40N2O2. The molecule has 1 amide bonds. The molecule has 2 aliphatic rings. The molecule has 0 bridgehead atoms. The molecule has 0 aromatic heterocycles. The van der Waals surface area contributed by atoms with Gasteiger partial charge in [-0.05, 0) is 106 Å². The molecule has 1 atom stereocenters. The predicted molar refractivity (Wildman–Crippen MR) is 154 cm³/mol. The zero-order valence-electron chi connectivity index (χ0n) is 22.4. The van der Waals surface area contributed by atoms with Crippen LogP contribution < -0.4 is 5.32 Å². The molecule has 4 heteroatoms. The first-order chi connectivity index (χ1) is 18.7. The lowest BCUT2D eigenvalue weighted by molar-refractivity contribution is 0.0875. The summed E-state index contributed by atoms with van der Waals surface area (Å²) >= 11 is 0. The summed E-state index contributed by atoms with van der Waals surface area (Å²) in [6, 6.07) is 27.0. The normalized spacial score (nSPS) is 18.2. The van der Waals surface area contributed by atoms with Crippen molar-refractivity contribution >= 4 is 11.7 Å². The number of aryl methyl sites for hydroxylation is 2. The molecule has 1 fully saturated rings. The summed E-state index contributed by atoms with van der Waals surface area (Å²) in [6.07, 6.45) is 8.12. The van der Waals surface area contributed by atoms with Crippen LogP contribution in [0.4, 0.5) is 0 Å². The zero-order valence-corrected chi connectivity index (χ0v) is 22.4. The second-order valence-electron chi connectivity index (χ2n) is 11.0. The minimum absolute atomic E-state index is 0.0408. The summed E-state index contributed by atoms with van der Waals surface area (Å²) in [5, 5.41) is 3.05. The van der Waals surface area contributed by atoms with E-state index in [4.69, 9.17) is 0 Å². The van der Waals surface area contributed by atoms with E-state index in [1.54, 1.807) is 0 Å². The fraction of sp³-hybridized carbons (Fsp3) is 0.412. The van der Waals surface area contributed by atoms with Crippen LogP contribution in [0.3, 0.4) is 0 Å². The average Bonchev–Trinajstić information content (AvgIpc) is 2.97. The maximum absolute atomic E-state index is 13.2. The summed E-state index contributed by atoms with van der Waals surface area (Å²) in [5.74, 6) is 0.981. The van der Waals surface area contributed by atoms with Gasteiger partial charge in [0.05, 0.1) is 0 Å². The van der Waals surface area contributed by atoms with Crippen LogP contribution in [0.25, 0.3) is 0 Å². The molecule has 1 saturated heterocycles. The Morgan fingerprint density at radius 1 is 0.868 bits per heavy atom. The molecule has 0 saturated carbocycles. The van der Waals surface area contributed by atoms with Crippen LogP contribution in [0.15, 0.2) is 78.9 Å². The largest absolute Gasteiger partial charge is 0.352 e. The van der Waals surface area contributed by atoms with Gasteiger partial charge in [-0.1, -0.05) is 66.7 Å². The van der Waals surface area contributed by atoms with Crippen LogP contribution >= 0.6 is 0 Å². The summed E-state index contributed by atoms with van der Waals surface area (Å²) < 4.78 is 0. The molecule has 1 unspecified atom stereocenters. The number of nitrogens with zero attached hydrogens (tertiary/aromatic N) is 1. The smallest absolute Gasteiger partial charge is 0.251 e. The second-order valence-corrected chi connectivity index (χ2v) is 11.0. The Bertz CT molecular complexity index is 1200. The lowest BCUT2D eigenvalue weighted by Gasteiger charge is -2.33. The van der Waals surface area contributed by atoms with Gasteiger partial charge in [0.2, 0.25) is 0 Å². The SMILES string of the molecule is O=C(NCCCCc1ccccc1)c1ccc2c(c1)CCC(CCN1CCC(c3ccccc3)CC1)C2=O. The molecule has 0 radical (unpaired) electrons. The molecule has 5 rings (SSSR count). The Balaban J connectivity index is 1.05. The van der Waals surface area contributed by atoms with Crippen molar-refractivity contribution < 1.29 is 9.59 Å². The van der Waals surface area contributed by atoms with Gasteiger partial charge in [-0.25, -0.2) is 0 Å². The molecule has 1 aliphatic heterocycles. The number of hydrogen-bond donors (Lipinski definition) is 1. The Kier molecular flexibility index (Phi) is 9.03. The van der Waals surface area contributed by atoms with E-state index in [1.807, 2.05) is 24.3 Å². The Hall–Kier alpha value is -3.24. The number of benzene rings is 3. The summed E-state index contributed by atoms with van der Waals surface area (Å²) in [5.41, 5.74) is 5.32. The van der Waals surface area contributed by atoms with E-state index >= 15 is 0 Å². The number of hydrogen-bond acceptors (Lipinski definition) is 3. The summed E-state index contributed by atoms with van der Waals surface area (Å²) in [4.78, 5) is 28.5. The van der Waals surface area contributed by atoms with Gasteiger partial charge < -0.3 is 10.2 Å². The topological polar surface area (TPSA) is 49.4 Å². The number of carbonyl (C=O) groups excluding carboxylic acids is 2. The molecule has 4 nitrogen and oxygen atoms in total. The predicted octanol–water partition coefficient (Wildman–Crippen LogP) is 6.45. The lowest BCUT2D eigenvalue weighted by atomic mass is 9.80. The third kappa shape index (κ3) is 6.79. The van der Waals surface area contributed by atoms with Crippen LogP contribution in [0, 0.1) is 5.92 Å². The fourth-order valence-electron chi connectivity index (χ4n) is 6.09. The number of likely N-dealkylation sites (tertiary alicyclic amines) is 1. The molecule has 1 aliphatic carbocycles. The van der Waals surface area contributed by atoms with Crippen LogP contribution in [0.2, 0.25) is 0 Å². The Labute approximate surface area is 227 Å². The maximum atomic E-state index is 13.2. The first-order valence-electron chi connectivity index (χ1n) is 14.4. The zero-order chi connectivity index (χ0) is 26.2. The van der Waals surface area contributed by atoms with Gasteiger partial charge in [0.15, 0.2) is 5.78 Å². The first kappa shape index (κ1) is 26.4. The van der Waals surface area contributed by atoms with Crippen LogP contribution in [0.5, 0.6) is 0 Å². The van der Waals surface area contributed by atoms with Crippen molar-refractivity contribution in [3.05, 3.63) is 107 Å². The first-order valence-corrected chi connectivity index (χ1v) is 14.4.